The first-order chi connectivity index (χ1) is 9.81. The summed E-state index contributed by atoms with van der Waals surface area (Å²) in [5.41, 5.74) is 3.20. The van der Waals surface area contributed by atoms with Crippen molar-refractivity contribution in [2.45, 2.75) is 13.5 Å². The van der Waals surface area contributed by atoms with E-state index in [2.05, 4.69) is 38.1 Å². The lowest BCUT2D eigenvalue weighted by Crippen LogP contribution is -2.03. The Morgan fingerprint density at radius 2 is 1.95 bits per heavy atom. The minimum Gasteiger partial charge on any atom is -0.379 e. The molecule has 0 spiro atoms. The van der Waals surface area contributed by atoms with Crippen LogP contribution < -0.4 is 5.32 Å². The quantitative estimate of drug-likeness (QED) is 0.787. The monoisotopic (exact) mass is 264 g/mol. The van der Waals surface area contributed by atoms with Crippen LogP contribution in [0.25, 0.3) is 5.69 Å². The van der Waals surface area contributed by atoms with Gasteiger partial charge < -0.3 is 9.88 Å². The van der Waals surface area contributed by atoms with Crippen LogP contribution in [0.1, 0.15) is 11.5 Å². The summed E-state index contributed by atoms with van der Waals surface area (Å²) in [6.07, 6.45) is 5.86. The number of rotatable bonds is 4. The van der Waals surface area contributed by atoms with Crippen molar-refractivity contribution in [2.75, 3.05) is 5.32 Å². The van der Waals surface area contributed by atoms with E-state index in [1.165, 1.54) is 0 Å². The number of hydrogen-bond acceptors (Lipinski definition) is 3. The number of nitrogens with one attached hydrogen (secondary N) is 1. The average Bonchev–Trinajstić information content (AvgIpc) is 3.00. The van der Waals surface area contributed by atoms with E-state index in [-0.39, 0.29) is 0 Å². The molecule has 0 atom stereocenters. The van der Waals surface area contributed by atoms with Crippen LogP contribution in [-0.4, -0.2) is 14.5 Å². The van der Waals surface area contributed by atoms with Crippen molar-refractivity contribution in [3.63, 3.8) is 0 Å². The van der Waals surface area contributed by atoms with Crippen LogP contribution in [0.3, 0.4) is 0 Å². The summed E-state index contributed by atoms with van der Waals surface area (Å²) in [5.74, 6) is 0.797. The normalized spacial score (nSPS) is 10.4. The van der Waals surface area contributed by atoms with E-state index in [1.54, 1.807) is 6.20 Å². The maximum absolute atomic E-state index is 4.38. The van der Waals surface area contributed by atoms with Crippen LogP contribution >= 0.6 is 0 Å². The zero-order valence-corrected chi connectivity index (χ0v) is 11.3. The Morgan fingerprint density at radius 1 is 1.10 bits per heavy atom. The van der Waals surface area contributed by atoms with Crippen molar-refractivity contribution in [2.24, 2.45) is 0 Å². The molecule has 0 aliphatic rings. The molecule has 0 aliphatic carbocycles. The molecule has 1 N–H and O–H groups in total. The van der Waals surface area contributed by atoms with Crippen LogP contribution in [0.2, 0.25) is 0 Å². The van der Waals surface area contributed by atoms with E-state index >= 15 is 0 Å². The van der Waals surface area contributed by atoms with Crippen molar-refractivity contribution >= 4 is 5.69 Å². The van der Waals surface area contributed by atoms with E-state index in [4.69, 9.17) is 0 Å². The van der Waals surface area contributed by atoms with Gasteiger partial charge in [-0.1, -0.05) is 6.07 Å². The van der Waals surface area contributed by atoms with Crippen LogP contribution in [-0.2, 0) is 6.54 Å². The SMILES string of the molecule is Cc1nccc(CNc2cccc(-n3cccc3)c2)n1. The summed E-state index contributed by atoms with van der Waals surface area (Å²) in [7, 11) is 0. The second-order valence-corrected chi connectivity index (χ2v) is 4.59. The molecule has 2 aromatic heterocycles. The van der Waals surface area contributed by atoms with Gasteiger partial charge in [-0.15, -0.1) is 0 Å². The first kappa shape index (κ1) is 12.4. The fourth-order valence-corrected chi connectivity index (χ4v) is 2.08. The predicted octanol–water partition coefficient (Wildman–Crippen LogP) is 3.19. The molecule has 0 saturated heterocycles. The van der Waals surface area contributed by atoms with E-state index in [0.29, 0.717) is 6.54 Å². The molecule has 0 radical (unpaired) electrons. The van der Waals surface area contributed by atoms with Gasteiger partial charge in [0.15, 0.2) is 0 Å². The third kappa shape index (κ3) is 2.85. The van der Waals surface area contributed by atoms with E-state index in [9.17, 15) is 0 Å². The molecule has 0 unspecified atom stereocenters. The summed E-state index contributed by atoms with van der Waals surface area (Å²) in [6.45, 7) is 2.59. The van der Waals surface area contributed by atoms with Gasteiger partial charge in [0.05, 0.1) is 12.2 Å². The van der Waals surface area contributed by atoms with Crippen molar-refractivity contribution in [1.29, 1.82) is 0 Å². The Labute approximate surface area is 118 Å². The molecule has 3 rings (SSSR count). The predicted molar refractivity (Wildman–Crippen MR) is 79.9 cm³/mol. The lowest BCUT2D eigenvalue weighted by Gasteiger charge is -2.09. The Kier molecular flexibility index (Phi) is 3.46. The second-order valence-electron chi connectivity index (χ2n) is 4.59. The average molecular weight is 264 g/mol. The number of aryl methyl sites for hydroxylation is 1. The molecule has 0 bridgehead atoms. The number of hydrogen-bond donors (Lipinski definition) is 1. The standard InChI is InChI=1S/C16H16N4/c1-13-17-8-7-15(19-13)12-18-14-5-4-6-16(11-14)20-9-2-3-10-20/h2-11,18H,12H2,1H3. The zero-order valence-electron chi connectivity index (χ0n) is 11.3. The number of aromatic nitrogens is 3. The summed E-state index contributed by atoms with van der Waals surface area (Å²) in [6, 6.07) is 14.3. The van der Waals surface area contributed by atoms with E-state index in [1.807, 2.05) is 43.6 Å². The van der Waals surface area contributed by atoms with Gasteiger partial charge in [-0.25, -0.2) is 9.97 Å². The van der Waals surface area contributed by atoms with Gasteiger partial charge in [-0.2, -0.15) is 0 Å². The highest BCUT2D eigenvalue weighted by atomic mass is 15.0. The van der Waals surface area contributed by atoms with Crippen molar-refractivity contribution in [3.8, 4) is 5.69 Å². The minimum absolute atomic E-state index is 0.693. The van der Waals surface area contributed by atoms with Crippen LogP contribution in [0, 0.1) is 6.92 Å². The van der Waals surface area contributed by atoms with Gasteiger partial charge in [0, 0.05) is 30.0 Å². The Hall–Kier alpha value is -2.62. The van der Waals surface area contributed by atoms with E-state index in [0.717, 1.165) is 22.9 Å². The Bertz CT molecular complexity index is 689. The molecule has 3 aromatic rings. The van der Waals surface area contributed by atoms with Gasteiger partial charge in [-0.05, 0) is 43.3 Å². The van der Waals surface area contributed by atoms with Gasteiger partial charge in [0.1, 0.15) is 5.82 Å². The number of nitrogens with zero attached hydrogens (tertiary/aromatic N) is 3. The molecule has 4 nitrogen and oxygen atoms in total. The fraction of sp³-hybridized carbons (Fsp3) is 0.125. The number of benzene rings is 1. The zero-order chi connectivity index (χ0) is 13.8. The molecule has 100 valence electrons. The highest BCUT2D eigenvalue weighted by Gasteiger charge is 1.99. The van der Waals surface area contributed by atoms with E-state index < -0.39 is 0 Å². The molecule has 0 saturated carbocycles. The minimum atomic E-state index is 0.693. The highest BCUT2D eigenvalue weighted by molar-refractivity contribution is 5.51. The lowest BCUT2D eigenvalue weighted by atomic mass is 10.2. The summed E-state index contributed by atoms with van der Waals surface area (Å²) >= 11 is 0. The highest BCUT2D eigenvalue weighted by Crippen LogP contribution is 2.15. The largest absolute Gasteiger partial charge is 0.379 e. The fourth-order valence-electron chi connectivity index (χ4n) is 2.08. The molecular formula is C16H16N4. The molecule has 2 heterocycles. The number of anilines is 1. The molecule has 0 fully saturated rings. The van der Waals surface area contributed by atoms with Crippen molar-refractivity contribution in [3.05, 3.63) is 72.6 Å². The van der Waals surface area contributed by atoms with Gasteiger partial charge in [-0.3, -0.25) is 0 Å². The van der Waals surface area contributed by atoms with Crippen LogP contribution in [0.4, 0.5) is 5.69 Å². The third-order valence-electron chi connectivity index (χ3n) is 3.06. The summed E-state index contributed by atoms with van der Waals surface area (Å²) in [4.78, 5) is 8.48. The summed E-state index contributed by atoms with van der Waals surface area (Å²) < 4.78 is 2.08. The first-order valence-electron chi connectivity index (χ1n) is 6.57. The maximum Gasteiger partial charge on any atom is 0.125 e. The smallest absolute Gasteiger partial charge is 0.125 e. The summed E-state index contributed by atoms with van der Waals surface area (Å²) in [5, 5.41) is 3.39. The Balaban J connectivity index is 1.73. The Morgan fingerprint density at radius 3 is 2.75 bits per heavy atom. The van der Waals surface area contributed by atoms with Gasteiger partial charge in [0.25, 0.3) is 0 Å². The van der Waals surface area contributed by atoms with Crippen molar-refractivity contribution in [1.82, 2.24) is 14.5 Å². The molecular weight excluding hydrogens is 248 g/mol. The maximum atomic E-state index is 4.38. The van der Waals surface area contributed by atoms with Crippen LogP contribution in [0.15, 0.2) is 61.1 Å². The second kappa shape index (κ2) is 5.57. The lowest BCUT2D eigenvalue weighted by molar-refractivity contribution is 0.954. The van der Waals surface area contributed by atoms with Gasteiger partial charge in [0.2, 0.25) is 0 Å². The molecule has 20 heavy (non-hydrogen) atoms. The molecule has 0 amide bonds. The topological polar surface area (TPSA) is 42.7 Å². The molecule has 0 aliphatic heterocycles. The van der Waals surface area contributed by atoms with Gasteiger partial charge >= 0.3 is 0 Å². The third-order valence-corrected chi connectivity index (χ3v) is 3.06. The molecule has 1 aromatic carbocycles. The van der Waals surface area contributed by atoms with Crippen LogP contribution in [0.5, 0.6) is 0 Å². The van der Waals surface area contributed by atoms with Crippen molar-refractivity contribution < 1.29 is 0 Å². The molecule has 4 heteroatoms. The first-order valence-corrected chi connectivity index (χ1v) is 6.57.